The van der Waals surface area contributed by atoms with Crippen molar-refractivity contribution in [3.63, 3.8) is 0 Å². The van der Waals surface area contributed by atoms with Crippen molar-refractivity contribution in [2.45, 2.75) is 63.1 Å². The number of fused-ring (bicyclic) bond motifs is 7. The average molecular weight is 646 g/mol. The summed E-state index contributed by atoms with van der Waals surface area (Å²) in [5, 5.41) is 31.0. The molecule has 0 bridgehead atoms. The van der Waals surface area contributed by atoms with Gasteiger partial charge in [0.15, 0.2) is 5.60 Å². The van der Waals surface area contributed by atoms with E-state index in [-0.39, 0.29) is 53.0 Å². The van der Waals surface area contributed by atoms with Crippen molar-refractivity contribution in [2.24, 2.45) is 5.92 Å². The number of carboxylic acid groups (broad SMARTS) is 1. The standard InChI is InChI=1S/C34H33N5O7.Na/c1-18(2)17-25-32(45)39-24-14-8-5-11-21(24)34(46,33(39)37(25)26(40)15-16-27(41)42)28-29-35-22-12-6-3-9-19(22)31(44)38(29)23-13-7-4-10-20(23)30(43)36-28;/h3-14,18,25,28-29,33,35,46H,15-17H2,1-2H3,(H,36,43)(H,41,42);/q;+1/p-1/t25?,28-,29?,33?,34-;/m0./s1. The van der Waals surface area contributed by atoms with Crippen LogP contribution in [0.4, 0.5) is 17.1 Å². The maximum Gasteiger partial charge on any atom is 1.00 e. The molecule has 236 valence electrons. The summed E-state index contributed by atoms with van der Waals surface area (Å²) in [4.78, 5) is 71.9. The van der Waals surface area contributed by atoms with Gasteiger partial charge in [-0.1, -0.05) is 56.3 Å². The third-order valence-corrected chi connectivity index (χ3v) is 9.32. The SMILES string of the molecule is CC(C)CC1C(=O)N2c3ccccc3[C@](O)([C@H]3NC(=O)c4ccccc4N4C(=O)c5ccccc5NC34)C2N1C(=O)CCC(=O)[O-].[Na+]. The molecule has 7 rings (SSSR count). The van der Waals surface area contributed by atoms with Gasteiger partial charge in [-0.15, -0.1) is 0 Å². The molecule has 13 heteroatoms. The van der Waals surface area contributed by atoms with Crippen molar-refractivity contribution in [3.05, 3.63) is 89.5 Å². The van der Waals surface area contributed by atoms with Gasteiger partial charge in [0.25, 0.3) is 17.7 Å². The Morgan fingerprint density at radius 3 is 2.21 bits per heavy atom. The fraction of sp³-hybridized carbons (Fsp3) is 0.324. The number of nitrogens with zero attached hydrogens (tertiary/aromatic N) is 3. The second-order valence-corrected chi connectivity index (χ2v) is 12.5. The first-order chi connectivity index (χ1) is 22.0. The maximum atomic E-state index is 14.2. The number of para-hydroxylation sites is 3. The number of carbonyl (C=O) groups is 5. The normalized spacial score (nSPS) is 25.4. The molecular formula is C34H32N5NaO7. The van der Waals surface area contributed by atoms with Crippen LogP contribution in [0.1, 0.15) is 59.4 Å². The zero-order valence-corrected chi connectivity index (χ0v) is 28.2. The van der Waals surface area contributed by atoms with Crippen molar-refractivity contribution in [2.75, 3.05) is 15.1 Å². The summed E-state index contributed by atoms with van der Waals surface area (Å²) < 4.78 is 0. The van der Waals surface area contributed by atoms with Crippen molar-refractivity contribution in [1.29, 1.82) is 0 Å². The number of amides is 4. The summed E-state index contributed by atoms with van der Waals surface area (Å²) in [6.45, 7) is 3.80. The van der Waals surface area contributed by atoms with Gasteiger partial charge in [0.1, 0.15) is 24.4 Å². The molecule has 0 spiro atoms. The second kappa shape index (κ2) is 12.1. The first-order valence-electron chi connectivity index (χ1n) is 15.3. The fourth-order valence-electron chi connectivity index (χ4n) is 7.44. The fourth-order valence-corrected chi connectivity index (χ4v) is 7.44. The second-order valence-electron chi connectivity index (χ2n) is 12.5. The Hall–Kier alpha value is -4.23. The summed E-state index contributed by atoms with van der Waals surface area (Å²) >= 11 is 0. The number of carbonyl (C=O) groups excluding carboxylic acids is 5. The molecule has 3 unspecified atom stereocenters. The predicted molar refractivity (Wildman–Crippen MR) is 164 cm³/mol. The summed E-state index contributed by atoms with van der Waals surface area (Å²) in [6, 6.07) is 17.9. The van der Waals surface area contributed by atoms with E-state index in [1.165, 1.54) is 14.7 Å². The molecule has 3 N–H and O–H groups in total. The minimum absolute atomic E-state index is 0. The van der Waals surface area contributed by atoms with E-state index < -0.39 is 72.5 Å². The van der Waals surface area contributed by atoms with Gasteiger partial charge in [-0.3, -0.25) is 29.0 Å². The van der Waals surface area contributed by atoms with Crippen LogP contribution < -0.4 is 55.1 Å². The van der Waals surface area contributed by atoms with Crippen LogP contribution in [-0.2, 0) is 20.0 Å². The van der Waals surface area contributed by atoms with Crippen LogP contribution in [-0.4, -0.2) is 64.0 Å². The zero-order valence-electron chi connectivity index (χ0n) is 26.2. The number of aliphatic carboxylic acids is 1. The minimum atomic E-state index is -2.17. The van der Waals surface area contributed by atoms with E-state index in [2.05, 4.69) is 10.6 Å². The summed E-state index contributed by atoms with van der Waals surface area (Å²) in [5.41, 5.74) is -0.149. The molecule has 0 saturated carbocycles. The molecule has 0 aromatic heterocycles. The molecule has 0 aliphatic carbocycles. The van der Waals surface area contributed by atoms with Gasteiger partial charge < -0.3 is 30.5 Å². The maximum absolute atomic E-state index is 14.2. The van der Waals surface area contributed by atoms with Gasteiger partial charge >= 0.3 is 29.6 Å². The average Bonchev–Trinajstić information content (AvgIpc) is 3.42. The van der Waals surface area contributed by atoms with E-state index >= 15 is 0 Å². The van der Waals surface area contributed by atoms with Crippen LogP contribution in [0.15, 0.2) is 72.8 Å². The molecule has 4 heterocycles. The Labute approximate surface area is 293 Å². The Morgan fingerprint density at radius 2 is 1.51 bits per heavy atom. The molecule has 4 aliphatic heterocycles. The summed E-state index contributed by atoms with van der Waals surface area (Å²) in [5.74, 6) is -3.50. The van der Waals surface area contributed by atoms with Crippen molar-refractivity contribution >= 4 is 46.7 Å². The number of rotatable bonds is 6. The monoisotopic (exact) mass is 645 g/mol. The first kappa shape index (κ1) is 32.7. The van der Waals surface area contributed by atoms with Crippen molar-refractivity contribution in [1.82, 2.24) is 10.2 Å². The number of hydrogen-bond acceptors (Lipinski definition) is 8. The van der Waals surface area contributed by atoms with Gasteiger partial charge in [0.2, 0.25) is 5.91 Å². The largest absolute Gasteiger partial charge is 1.00 e. The van der Waals surface area contributed by atoms with E-state index in [9.17, 15) is 34.2 Å². The number of carboxylic acids is 1. The minimum Gasteiger partial charge on any atom is -0.550 e. The quantitative estimate of drug-likeness (QED) is 0.275. The molecule has 3 aromatic carbocycles. The number of hydrogen-bond donors (Lipinski definition) is 3. The number of benzene rings is 3. The van der Waals surface area contributed by atoms with Gasteiger partial charge in [-0.2, -0.15) is 0 Å². The Bertz CT molecular complexity index is 1820. The molecule has 47 heavy (non-hydrogen) atoms. The van der Waals surface area contributed by atoms with Crippen molar-refractivity contribution < 1.29 is 63.7 Å². The van der Waals surface area contributed by atoms with Crippen LogP contribution in [0.5, 0.6) is 0 Å². The van der Waals surface area contributed by atoms with Gasteiger partial charge in [0, 0.05) is 23.6 Å². The van der Waals surface area contributed by atoms with Gasteiger partial charge in [-0.05, 0) is 49.1 Å². The Balaban J connectivity index is 0.00000386. The molecular weight excluding hydrogens is 613 g/mol. The number of nitrogens with one attached hydrogen (secondary N) is 2. The summed E-state index contributed by atoms with van der Waals surface area (Å²) in [6.07, 6.45) is -3.22. The van der Waals surface area contributed by atoms with Crippen LogP contribution in [0.3, 0.4) is 0 Å². The Morgan fingerprint density at radius 1 is 0.872 bits per heavy atom. The van der Waals surface area contributed by atoms with Crippen LogP contribution in [0.25, 0.3) is 0 Å². The van der Waals surface area contributed by atoms with E-state index in [1.54, 1.807) is 72.8 Å². The molecule has 4 amide bonds. The zero-order chi connectivity index (χ0) is 32.5. The van der Waals surface area contributed by atoms with E-state index in [4.69, 9.17) is 0 Å². The Kier molecular flexibility index (Phi) is 8.41. The molecule has 4 aliphatic rings. The third-order valence-electron chi connectivity index (χ3n) is 9.32. The molecule has 1 fully saturated rings. The van der Waals surface area contributed by atoms with E-state index in [0.717, 1.165) is 0 Å². The first-order valence-corrected chi connectivity index (χ1v) is 15.3. The van der Waals surface area contributed by atoms with Gasteiger partial charge in [0.05, 0.1) is 22.5 Å². The van der Waals surface area contributed by atoms with E-state index in [1.807, 2.05) is 13.8 Å². The van der Waals surface area contributed by atoms with Crippen LogP contribution in [0, 0.1) is 5.92 Å². The van der Waals surface area contributed by atoms with Crippen molar-refractivity contribution in [3.8, 4) is 0 Å². The van der Waals surface area contributed by atoms with Crippen LogP contribution in [0.2, 0.25) is 0 Å². The summed E-state index contributed by atoms with van der Waals surface area (Å²) in [7, 11) is 0. The third kappa shape index (κ3) is 4.93. The number of anilines is 3. The molecule has 0 radical (unpaired) electrons. The topological polar surface area (TPSA) is 162 Å². The van der Waals surface area contributed by atoms with Gasteiger partial charge in [-0.25, -0.2) is 0 Å². The number of aliphatic hydroxyl groups is 1. The molecule has 5 atom stereocenters. The predicted octanol–water partition coefficient (Wildman–Crippen LogP) is -1.45. The van der Waals surface area contributed by atoms with Crippen LogP contribution >= 0.6 is 0 Å². The smallest absolute Gasteiger partial charge is 0.550 e. The molecule has 3 aromatic rings. The van der Waals surface area contributed by atoms with E-state index in [0.29, 0.717) is 22.6 Å². The molecule has 12 nitrogen and oxygen atoms in total. The molecule has 1 saturated heterocycles.